The number of Topliss-reactive ketones (excluding diaryl/α,β-unsaturated/α-hetero) is 1. The van der Waals surface area contributed by atoms with Gasteiger partial charge in [-0.15, -0.1) is 13.2 Å². The average Bonchev–Trinajstić information content (AvgIpc) is 2.65. The molecular formula is C8H11F3O2. The summed E-state index contributed by atoms with van der Waals surface area (Å²) in [5.41, 5.74) is -0.495. The number of carbonyl (C=O) groups is 1. The van der Waals surface area contributed by atoms with E-state index >= 15 is 0 Å². The quantitative estimate of drug-likeness (QED) is 0.689. The fourth-order valence-electron chi connectivity index (χ4n) is 1.29. The zero-order valence-corrected chi connectivity index (χ0v) is 7.28. The van der Waals surface area contributed by atoms with E-state index in [4.69, 9.17) is 0 Å². The molecule has 0 aromatic carbocycles. The van der Waals surface area contributed by atoms with Crippen molar-refractivity contribution in [1.82, 2.24) is 0 Å². The lowest BCUT2D eigenvalue weighted by Gasteiger charge is -2.12. The first-order valence-electron chi connectivity index (χ1n) is 4.07. The van der Waals surface area contributed by atoms with Crippen LogP contribution in [0.2, 0.25) is 0 Å². The van der Waals surface area contributed by atoms with E-state index < -0.39 is 18.4 Å². The largest absolute Gasteiger partial charge is 0.522 e. The molecule has 2 nitrogen and oxygen atoms in total. The van der Waals surface area contributed by atoms with Gasteiger partial charge in [0.1, 0.15) is 5.78 Å². The molecule has 76 valence electrons. The second kappa shape index (κ2) is 3.29. The Balaban J connectivity index is 2.24. The summed E-state index contributed by atoms with van der Waals surface area (Å²) in [6, 6.07) is 0. The zero-order valence-electron chi connectivity index (χ0n) is 7.28. The van der Waals surface area contributed by atoms with Gasteiger partial charge in [0.15, 0.2) is 0 Å². The summed E-state index contributed by atoms with van der Waals surface area (Å²) in [6.45, 7) is 1.00. The van der Waals surface area contributed by atoms with Gasteiger partial charge in [0.05, 0.1) is 6.61 Å². The lowest BCUT2D eigenvalue weighted by Crippen LogP contribution is -2.19. The first kappa shape index (κ1) is 10.5. The molecular weight excluding hydrogens is 185 g/mol. The Bertz CT molecular complexity index is 206. The summed E-state index contributed by atoms with van der Waals surface area (Å²) in [7, 11) is 0. The fraction of sp³-hybridized carbons (Fsp3) is 0.875. The second-order valence-electron chi connectivity index (χ2n) is 3.38. The number of rotatable bonds is 4. The van der Waals surface area contributed by atoms with Crippen LogP contribution in [0.15, 0.2) is 0 Å². The van der Waals surface area contributed by atoms with Crippen molar-refractivity contribution in [2.75, 3.05) is 6.61 Å². The molecule has 1 aliphatic rings. The van der Waals surface area contributed by atoms with Gasteiger partial charge in [-0.3, -0.25) is 9.53 Å². The molecule has 0 radical (unpaired) electrons. The van der Waals surface area contributed by atoms with E-state index in [1.165, 1.54) is 6.92 Å². The number of ether oxygens (including phenoxy) is 1. The number of hydrogen-bond acceptors (Lipinski definition) is 2. The van der Waals surface area contributed by atoms with Gasteiger partial charge in [-0.05, 0) is 26.2 Å². The van der Waals surface area contributed by atoms with Crippen molar-refractivity contribution in [2.24, 2.45) is 5.41 Å². The highest BCUT2D eigenvalue weighted by Crippen LogP contribution is 2.49. The Labute approximate surface area is 74.1 Å². The van der Waals surface area contributed by atoms with E-state index in [1.54, 1.807) is 0 Å². The highest BCUT2D eigenvalue weighted by Gasteiger charge is 2.47. The summed E-state index contributed by atoms with van der Waals surface area (Å²) in [5, 5.41) is 0. The normalized spacial score (nSPS) is 20.0. The van der Waals surface area contributed by atoms with Crippen molar-refractivity contribution in [3.8, 4) is 0 Å². The molecule has 0 N–H and O–H groups in total. The molecule has 0 atom stereocenters. The number of alkyl halides is 3. The number of carbonyl (C=O) groups excluding carboxylic acids is 1. The molecule has 0 bridgehead atoms. The maximum absolute atomic E-state index is 11.5. The third-order valence-electron chi connectivity index (χ3n) is 2.45. The number of halogens is 3. The van der Waals surface area contributed by atoms with Crippen molar-refractivity contribution in [2.45, 2.75) is 32.5 Å². The van der Waals surface area contributed by atoms with Gasteiger partial charge in [-0.25, -0.2) is 0 Å². The molecule has 5 heteroatoms. The lowest BCUT2D eigenvalue weighted by atomic mass is 9.99. The van der Waals surface area contributed by atoms with Gasteiger partial charge < -0.3 is 0 Å². The maximum atomic E-state index is 11.5. The number of ketones is 1. The topological polar surface area (TPSA) is 26.3 Å². The zero-order chi connectivity index (χ0) is 10.1. The molecule has 0 aliphatic heterocycles. The van der Waals surface area contributed by atoms with Gasteiger partial charge in [-0.1, -0.05) is 0 Å². The van der Waals surface area contributed by atoms with E-state index in [2.05, 4.69) is 4.74 Å². The highest BCUT2D eigenvalue weighted by atomic mass is 19.4. The average molecular weight is 196 g/mol. The van der Waals surface area contributed by atoms with Crippen molar-refractivity contribution in [3.63, 3.8) is 0 Å². The minimum absolute atomic E-state index is 0.0294. The molecule has 13 heavy (non-hydrogen) atoms. The molecule has 1 rings (SSSR count). The Kier molecular flexibility index (Phi) is 2.66. The first-order valence-corrected chi connectivity index (χ1v) is 4.07. The summed E-state index contributed by atoms with van der Waals surface area (Å²) in [4.78, 5) is 10.9. The molecule has 1 aliphatic carbocycles. The molecule has 0 aromatic rings. The predicted molar refractivity (Wildman–Crippen MR) is 39.0 cm³/mol. The Morgan fingerprint density at radius 3 is 2.31 bits per heavy atom. The van der Waals surface area contributed by atoms with E-state index in [0.29, 0.717) is 12.8 Å². The second-order valence-corrected chi connectivity index (χ2v) is 3.38. The van der Waals surface area contributed by atoms with Crippen molar-refractivity contribution < 1.29 is 22.7 Å². The Morgan fingerprint density at radius 2 is 2.00 bits per heavy atom. The van der Waals surface area contributed by atoms with Crippen molar-refractivity contribution >= 4 is 5.78 Å². The number of hydrogen-bond donors (Lipinski definition) is 0. The van der Waals surface area contributed by atoms with Crippen molar-refractivity contribution in [1.29, 1.82) is 0 Å². The van der Waals surface area contributed by atoms with E-state index in [9.17, 15) is 18.0 Å². The highest BCUT2D eigenvalue weighted by molar-refractivity contribution is 5.84. The van der Waals surface area contributed by atoms with Gasteiger partial charge in [0.2, 0.25) is 0 Å². The third-order valence-corrected chi connectivity index (χ3v) is 2.45. The van der Waals surface area contributed by atoms with Gasteiger partial charge in [-0.2, -0.15) is 0 Å². The van der Waals surface area contributed by atoms with Crippen LogP contribution in [0.3, 0.4) is 0 Å². The summed E-state index contributed by atoms with van der Waals surface area (Å²) < 4.78 is 38.2. The third kappa shape index (κ3) is 2.99. The molecule has 1 saturated carbocycles. The maximum Gasteiger partial charge on any atom is 0.522 e. The van der Waals surface area contributed by atoms with Crippen LogP contribution in [0.25, 0.3) is 0 Å². The molecule has 0 saturated heterocycles. The fourth-order valence-corrected chi connectivity index (χ4v) is 1.29. The molecule has 0 spiro atoms. The van der Waals surface area contributed by atoms with Crippen LogP contribution >= 0.6 is 0 Å². The monoisotopic (exact) mass is 196 g/mol. The van der Waals surface area contributed by atoms with Crippen LogP contribution in [0.4, 0.5) is 13.2 Å². The molecule has 0 heterocycles. The Morgan fingerprint density at radius 1 is 1.46 bits per heavy atom. The lowest BCUT2D eigenvalue weighted by molar-refractivity contribution is -0.325. The Hall–Kier alpha value is -0.580. The van der Waals surface area contributed by atoms with Crippen LogP contribution in [-0.2, 0) is 9.53 Å². The summed E-state index contributed by atoms with van der Waals surface area (Å²) >= 11 is 0. The summed E-state index contributed by atoms with van der Waals surface area (Å²) in [6.07, 6.45) is -3.00. The molecule has 0 unspecified atom stereocenters. The molecule has 1 fully saturated rings. The molecule has 0 amide bonds. The van der Waals surface area contributed by atoms with Gasteiger partial charge >= 0.3 is 6.36 Å². The molecule has 0 aromatic heterocycles. The smallest absolute Gasteiger partial charge is 0.299 e. The van der Waals surface area contributed by atoms with Gasteiger partial charge in [0.25, 0.3) is 0 Å². The minimum atomic E-state index is -4.58. The van der Waals surface area contributed by atoms with Crippen LogP contribution in [-0.4, -0.2) is 18.8 Å². The van der Waals surface area contributed by atoms with Crippen LogP contribution in [0, 0.1) is 5.41 Å². The van der Waals surface area contributed by atoms with E-state index in [1.807, 2.05) is 0 Å². The van der Waals surface area contributed by atoms with Crippen LogP contribution < -0.4 is 0 Å². The van der Waals surface area contributed by atoms with Gasteiger partial charge in [0, 0.05) is 5.41 Å². The first-order chi connectivity index (χ1) is 5.86. The van der Waals surface area contributed by atoms with Crippen molar-refractivity contribution in [3.05, 3.63) is 0 Å². The SMILES string of the molecule is CC(=O)C1(CCOC(F)(F)F)CC1. The standard InChI is InChI=1S/C8H11F3O2/c1-6(12)7(2-3-7)4-5-13-8(9,10)11/h2-5H2,1H3. The summed E-state index contributed by atoms with van der Waals surface area (Å²) in [5.74, 6) is -0.0294. The van der Waals surface area contributed by atoms with Crippen LogP contribution in [0.5, 0.6) is 0 Å². The van der Waals surface area contributed by atoms with E-state index in [0.717, 1.165) is 0 Å². The van der Waals surface area contributed by atoms with E-state index in [-0.39, 0.29) is 12.2 Å². The predicted octanol–water partition coefficient (Wildman–Crippen LogP) is 2.28. The van der Waals surface area contributed by atoms with Crippen LogP contribution in [0.1, 0.15) is 26.2 Å². The minimum Gasteiger partial charge on any atom is -0.299 e.